The third-order valence-electron chi connectivity index (χ3n) is 2.82. The number of para-hydroxylation sites is 1. The third kappa shape index (κ3) is 4.93. The van der Waals surface area contributed by atoms with Crippen molar-refractivity contribution in [3.8, 4) is 5.75 Å². The zero-order chi connectivity index (χ0) is 12.6. The molecule has 2 aromatic carbocycles. The number of benzene rings is 2. The Kier molecular flexibility index (Phi) is 7.01. The molecule has 19 heavy (non-hydrogen) atoms. The average Bonchev–Trinajstić information content (AvgIpc) is 2.42. The van der Waals surface area contributed by atoms with Gasteiger partial charge >= 0.3 is 0 Å². The molecule has 2 aromatic rings. The number of rotatable bonds is 6. The van der Waals surface area contributed by atoms with Crippen LogP contribution in [0, 0.1) is 0 Å². The molecule has 2 nitrogen and oxygen atoms in total. The van der Waals surface area contributed by atoms with Crippen LogP contribution in [-0.2, 0) is 6.42 Å². The summed E-state index contributed by atoms with van der Waals surface area (Å²) in [5.74, 6) is 0.983. The number of nitrogens with one attached hydrogen (secondary N) is 1. The van der Waals surface area contributed by atoms with Gasteiger partial charge in [0.2, 0.25) is 0 Å². The fourth-order valence-corrected chi connectivity index (χ4v) is 1.87. The van der Waals surface area contributed by atoms with Crippen LogP contribution in [0.2, 0.25) is 0 Å². The SMILES string of the molecule is CNCCOc1ccccc1Cc1ccccc1.Cl. The van der Waals surface area contributed by atoms with Gasteiger partial charge in [-0.05, 0) is 24.2 Å². The minimum atomic E-state index is 0. The van der Waals surface area contributed by atoms with Crippen LogP contribution in [0.3, 0.4) is 0 Å². The summed E-state index contributed by atoms with van der Waals surface area (Å²) in [5.41, 5.74) is 2.54. The predicted molar refractivity (Wildman–Crippen MR) is 82.4 cm³/mol. The van der Waals surface area contributed by atoms with E-state index in [1.807, 2.05) is 25.2 Å². The molecule has 0 unspecified atom stereocenters. The van der Waals surface area contributed by atoms with Crippen LogP contribution >= 0.6 is 12.4 Å². The molecule has 0 amide bonds. The second-order valence-corrected chi connectivity index (χ2v) is 4.22. The molecule has 0 radical (unpaired) electrons. The molecule has 3 heteroatoms. The van der Waals surface area contributed by atoms with Gasteiger partial charge in [-0.3, -0.25) is 0 Å². The van der Waals surface area contributed by atoms with Crippen molar-refractivity contribution in [2.75, 3.05) is 20.2 Å². The van der Waals surface area contributed by atoms with Crippen molar-refractivity contribution in [2.45, 2.75) is 6.42 Å². The first-order valence-electron chi connectivity index (χ1n) is 6.29. The van der Waals surface area contributed by atoms with Crippen molar-refractivity contribution in [1.29, 1.82) is 0 Å². The van der Waals surface area contributed by atoms with E-state index in [4.69, 9.17) is 4.74 Å². The Labute approximate surface area is 121 Å². The highest BCUT2D eigenvalue weighted by molar-refractivity contribution is 5.85. The van der Waals surface area contributed by atoms with Crippen molar-refractivity contribution >= 4 is 12.4 Å². The average molecular weight is 278 g/mol. The van der Waals surface area contributed by atoms with Crippen molar-refractivity contribution in [2.24, 2.45) is 0 Å². The summed E-state index contributed by atoms with van der Waals surface area (Å²) in [6.45, 7) is 1.56. The van der Waals surface area contributed by atoms with Gasteiger partial charge in [0.25, 0.3) is 0 Å². The highest BCUT2D eigenvalue weighted by Gasteiger charge is 2.03. The van der Waals surface area contributed by atoms with Crippen molar-refractivity contribution in [3.63, 3.8) is 0 Å². The van der Waals surface area contributed by atoms with Gasteiger partial charge in [0.05, 0.1) is 0 Å². The first-order chi connectivity index (χ1) is 8.90. The Morgan fingerprint density at radius 3 is 2.37 bits per heavy atom. The van der Waals surface area contributed by atoms with Crippen molar-refractivity contribution < 1.29 is 4.74 Å². The Morgan fingerprint density at radius 2 is 1.63 bits per heavy atom. The Bertz CT molecular complexity index is 473. The number of likely N-dealkylation sites (N-methyl/N-ethyl adjacent to an activating group) is 1. The summed E-state index contributed by atoms with van der Waals surface area (Å²) >= 11 is 0. The zero-order valence-corrected chi connectivity index (χ0v) is 12.0. The highest BCUT2D eigenvalue weighted by Crippen LogP contribution is 2.21. The Balaban J connectivity index is 0.00000180. The minimum absolute atomic E-state index is 0. The lowest BCUT2D eigenvalue weighted by Crippen LogP contribution is -2.16. The van der Waals surface area contributed by atoms with Gasteiger partial charge in [-0.25, -0.2) is 0 Å². The van der Waals surface area contributed by atoms with E-state index in [-0.39, 0.29) is 12.4 Å². The van der Waals surface area contributed by atoms with Crippen LogP contribution < -0.4 is 10.1 Å². The van der Waals surface area contributed by atoms with Crippen LogP contribution in [0.25, 0.3) is 0 Å². The molecule has 1 N–H and O–H groups in total. The zero-order valence-electron chi connectivity index (χ0n) is 11.1. The molecular formula is C16H20ClNO. The Morgan fingerprint density at radius 1 is 0.947 bits per heavy atom. The van der Waals surface area contributed by atoms with Gasteiger partial charge in [0, 0.05) is 13.0 Å². The number of hydrogen-bond acceptors (Lipinski definition) is 2. The van der Waals surface area contributed by atoms with Crippen molar-refractivity contribution in [1.82, 2.24) is 5.32 Å². The standard InChI is InChI=1S/C16H19NO.ClH/c1-17-11-12-18-16-10-6-5-9-15(16)13-14-7-3-2-4-8-14;/h2-10,17H,11-13H2,1H3;1H. The van der Waals surface area contributed by atoms with Crippen LogP contribution in [0.1, 0.15) is 11.1 Å². The largest absolute Gasteiger partial charge is 0.492 e. The molecule has 0 saturated heterocycles. The molecule has 0 heterocycles. The van der Waals surface area contributed by atoms with Gasteiger partial charge in [0.15, 0.2) is 0 Å². The second kappa shape index (κ2) is 8.57. The monoisotopic (exact) mass is 277 g/mol. The van der Waals surface area contributed by atoms with Crippen LogP contribution in [-0.4, -0.2) is 20.2 Å². The summed E-state index contributed by atoms with van der Waals surface area (Å²) in [7, 11) is 1.93. The molecule has 0 fully saturated rings. The van der Waals surface area contributed by atoms with Gasteiger partial charge in [0.1, 0.15) is 12.4 Å². The lowest BCUT2D eigenvalue weighted by Gasteiger charge is -2.11. The predicted octanol–water partition coefficient (Wildman–Crippen LogP) is 3.30. The van der Waals surface area contributed by atoms with Gasteiger partial charge in [-0.2, -0.15) is 0 Å². The smallest absolute Gasteiger partial charge is 0.122 e. The minimum Gasteiger partial charge on any atom is -0.492 e. The fourth-order valence-electron chi connectivity index (χ4n) is 1.87. The number of halogens is 1. The first kappa shape index (κ1) is 15.5. The van der Waals surface area contributed by atoms with E-state index < -0.39 is 0 Å². The maximum absolute atomic E-state index is 5.79. The topological polar surface area (TPSA) is 21.3 Å². The van der Waals surface area contributed by atoms with E-state index in [0.717, 1.165) is 18.7 Å². The van der Waals surface area contributed by atoms with Crippen LogP contribution in [0.4, 0.5) is 0 Å². The molecule has 0 aromatic heterocycles. The summed E-state index contributed by atoms with van der Waals surface area (Å²) < 4.78 is 5.79. The maximum atomic E-state index is 5.79. The van der Waals surface area contributed by atoms with E-state index in [2.05, 4.69) is 41.7 Å². The van der Waals surface area contributed by atoms with Crippen LogP contribution in [0.5, 0.6) is 5.75 Å². The van der Waals surface area contributed by atoms with Gasteiger partial charge in [-0.1, -0.05) is 48.5 Å². The Hall–Kier alpha value is -1.51. The quantitative estimate of drug-likeness (QED) is 0.818. The molecule has 0 atom stereocenters. The molecule has 0 aliphatic rings. The second-order valence-electron chi connectivity index (χ2n) is 4.22. The lowest BCUT2D eigenvalue weighted by atomic mass is 10.0. The first-order valence-corrected chi connectivity index (χ1v) is 6.29. The number of ether oxygens (including phenoxy) is 1. The summed E-state index contributed by atoms with van der Waals surface area (Å²) in [5, 5.41) is 3.08. The molecule has 0 saturated carbocycles. The van der Waals surface area contributed by atoms with E-state index in [1.54, 1.807) is 0 Å². The molecule has 2 rings (SSSR count). The molecule has 0 aliphatic heterocycles. The van der Waals surface area contributed by atoms with E-state index >= 15 is 0 Å². The molecule has 0 aliphatic carbocycles. The molecular weight excluding hydrogens is 258 g/mol. The summed E-state index contributed by atoms with van der Waals surface area (Å²) in [4.78, 5) is 0. The summed E-state index contributed by atoms with van der Waals surface area (Å²) in [6.07, 6.45) is 0.913. The van der Waals surface area contributed by atoms with Gasteiger partial charge < -0.3 is 10.1 Å². The van der Waals surface area contributed by atoms with E-state index in [0.29, 0.717) is 6.61 Å². The maximum Gasteiger partial charge on any atom is 0.122 e. The third-order valence-corrected chi connectivity index (χ3v) is 2.82. The summed E-state index contributed by atoms with van der Waals surface area (Å²) in [6, 6.07) is 18.7. The molecule has 0 spiro atoms. The number of hydrogen-bond donors (Lipinski definition) is 1. The molecule has 102 valence electrons. The fraction of sp³-hybridized carbons (Fsp3) is 0.250. The van der Waals surface area contributed by atoms with Crippen molar-refractivity contribution in [3.05, 3.63) is 65.7 Å². The van der Waals surface area contributed by atoms with E-state index in [1.165, 1.54) is 11.1 Å². The lowest BCUT2D eigenvalue weighted by molar-refractivity contribution is 0.315. The van der Waals surface area contributed by atoms with Gasteiger partial charge in [-0.15, -0.1) is 12.4 Å². The van der Waals surface area contributed by atoms with E-state index in [9.17, 15) is 0 Å². The normalized spacial score (nSPS) is 9.74. The van der Waals surface area contributed by atoms with Crippen LogP contribution in [0.15, 0.2) is 54.6 Å². The highest BCUT2D eigenvalue weighted by atomic mass is 35.5. The molecule has 0 bridgehead atoms.